The summed E-state index contributed by atoms with van der Waals surface area (Å²) in [6.07, 6.45) is 0.999. The van der Waals surface area contributed by atoms with Crippen LogP contribution in [0.1, 0.15) is 42.7 Å². The minimum absolute atomic E-state index is 0.0141. The molecule has 0 spiro atoms. The number of fused-ring (bicyclic) bond motifs is 3. The number of alkyl carbamates (subject to hydrolysis) is 1. The van der Waals surface area contributed by atoms with Crippen molar-refractivity contribution in [2.45, 2.75) is 37.1 Å². The molecule has 2 aromatic rings. The van der Waals surface area contributed by atoms with Gasteiger partial charge in [-0.2, -0.15) is 0 Å². The molecule has 1 aliphatic carbocycles. The molecule has 1 atom stereocenters. The van der Waals surface area contributed by atoms with Gasteiger partial charge in [0.05, 0.1) is 6.61 Å². The fourth-order valence-corrected chi connectivity index (χ4v) is 5.13. The molecule has 1 aliphatic heterocycles. The van der Waals surface area contributed by atoms with Crippen molar-refractivity contribution in [2.24, 2.45) is 0 Å². The van der Waals surface area contributed by atoms with E-state index in [-0.39, 0.29) is 38.0 Å². The predicted molar refractivity (Wildman–Crippen MR) is 125 cm³/mol. The quantitative estimate of drug-likeness (QED) is 0.549. The van der Waals surface area contributed by atoms with E-state index in [2.05, 4.69) is 29.6 Å². The highest BCUT2D eigenvalue weighted by atomic mass is 16.5. The van der Waals surface area contributed by atoms with Crippen LogP contribution < -0.4 is 5.32 Å². The number of ether oxygens (including phenoxy) is 2. The van der Waals surface area contributed by atoms with Gasteiger partial charge in [0.1, 0.15) is 6.61 Å². The van der Waals surface area contributed by atoms with Gasteiger partial charge in [-0.25, -0.2) is 9.59 Å². The molecule has 1 fully saturated rings. The van der Waals surface area contributed by atoms with Crippen molar-refractivity contribution in [1.82, 2.24) is 10.2 Å². The van der Waals surface area contributed by atoms with Gasteiger partial charge in [-0.1, -0.05) is 48.5 Å². The Kier molecular flexibility index (Phi) is 7.17. The summed E-state index contributed by atoms with van der Waals surface area (Å²) in [5, 5.41) is 12.4. The maximum absolute atomic E-state index is 12.7. The van der Waals surface area contributed by atoms with E-state index in [9.17, 15) is 19.5 Å². The van der Waals surface area contributed by atoms with Crippen LogP contribution in [-0.4, -0.2) is 66.9 Å². The fraction of sp³-hybridized carbons (Fsp3) is 0.423. The standard InChI is InChI=1S/C26H30N2O6/c1-33-17-26(24(30)31)13-7-15-28(26)23(29)12-6-14-27-25(32)34-16-22-20-10-4-2-8-18(20)19-9-3-5-11-21(19)22/h2-5,8-11,22H,6-7,12-17H2,1H3,(H,27,32)(H,30,31). The molecule has 34 heavy (non-hydrogen) atoms. The molecular weight excluding hydrogens is 436 g/mol. The van der Waals surface area contributed by atoms with Crippen LogP contribution in [0, 0.1) is 0 Å². The zero-order chi connectivity index (χ0) is 24.1. The van der Waals surface area contributed by atoms with Gasteiger partial charge in [-0.05, 0) is 41.5 Å². The molecule has 0 saturated carbocycles. The zero-order valence-electron chi connectivity index (χ0n) is 19.3. The van der Waals surface area contributed by atoms with Gasteiger partial charge >= 0.3 is 12.1 Å². The highest BCUT2D eigenvalue weighted by molar-refractivity contribution is 5.88. The zero-order valence-corrected chi connectivity index (χ0v) is 19.3. The summed E-state index contributed by atoms with van der Waals surface area (Å²) in [5.41, 5.74) is 3.32. The van der Waals surface area contributed by atoms with Crippen molar-refractivity contribution >= 4 is 18.0 Å². The Bertz CT molecular complexity index is 1030. The van der Waals surface area contributed by atoms with Gasteiger partial charge in [0.25, 0.3) is 0 Å². The first-order valence-corrected chi connectivity index (χ1v) is 11.6. The third-order valence-corrected chi connectivity index (χ3v) is 6.75. The largest absolute Gasteiger partial charge is 0.479 e. The second-order valence-electron chi connectivity index (χ2n) is 8.77. The van der Waals surface area contributed by atoms with Gasteiger partial charge in [0.2, 0.25) is 5.91 Å². The summed E-state index contributed by atoms with van der Waals surface area (Å²) in [6.45, 7) is 0.853. The third-order valence-electron chi connectivity index (χ3n) is 6.75. The lowest BCUT2D eigenvalue weighted by molar-refractivity contribution is -0.160. The molecule has 0 aromatic heterocycles. The molecule has 1 saturated heterocycles. The molecule has 4 rings (SSSR count). The van der Waals surface area contributed by atoms with Crippen LogP contribution in [0.3, 0.4) is 0 Å². The summed E-state index contributed by atoms with van der Waals surface area (Å²) in [6, 6.07) is 16.3. The lowest BCUT2D eigenvalue weighted by atomic mass is 9.97. The Morgan fingerprint density at radius 3 is 2.35 bits per heavy atom. The average molecular weight is 467 g/mol. The Morgan fingerprint density at radius 1 is 1.09 bits per heavy atom. The summed E-state index contributed by atoms with van der Waals surface area (Å²) in [7, 11) is 1.43. The number of carboxylic acid groups (broad SMARTS) is 1. The Labute approximate surface area is 198 Å². The second kappa shape index (κ2) is 10.3. The fourth-order valence-electron chi connectivity index (χ4n) is 5.13. The number of carbonyl (C=O) groups is 3. The second-order valence-corrected chi connectivity index (χ2v) is 8.77. The summed E-state index contributed by atoms with van der Waals surface area (Å²) < 4.78 is 10.6. The number of rotatable bonds is 9. The molecule has 1 unspecified atom stereocenters. The number of nitrogens with zero attached hydrogens (tertiary/aromatic N) is 1. The molecule has 0 radical (unpaired) electrons. The number of benzene rings is 2. The minimum Gasteiger partial charge on any atom is -0.479 e. The van der Waals surface area contributed by atoms with Crippen molar-refractivity contribution in [3.05, 3.63) is 59.7 Å². The van der Waals surface area contributed by atoms with E-state index >= 15 is 0 Å². The van der Waals surface area contributed by atoms with Gasteiger partial charge in [0, 0.05) is 32.5 Å². The van der Waals surface area contributed by atoms with Crippen molar-refractivity contribution in [1.29, 1.82) is 0 Å². The molecule has 2 amide bonds. The first-order chi connectivity index (χ1) is 16.5. The van der Waals surface area contributed by atoms with Crippen LogP contribution in [0.4, 0.5) is 4.79 Å². The molecule has 2 aromatic carbocycles. The van der Waals surface area contributed by atoms with Gasteiger partial charge in [-0.15, -0.1) is 0 Å². The smallest absolute Gasteiger partial charge is 0.407 e. The highest BCUT2D eigenvalue weighted by Gasteiger charge is 2.49. The molecule has 8 heteroatoms. The number of carbonyl (C=O) groups excluding carboxylic acids is 2. The monoisotopic (exact) mass is 466 g/mol. The van der Waals surface area contributed by atoms with E-state index in [4.69, 9.17) is 9.47 Å². The summed E-state index contributed by atoms with van der Waals surface area (Å²) >= 11 is 0. The predicted octanol–water partition coefficient (Wildman–Crippen LogP) is 3.40. The van der Waals surface area contributed by atoms with E-state index < -0.39 is 17.6 Å². The van der Waals surface area contributed by atoms with Gasteiger partial charge in [-0.3, -0.25) is 4.79 Å². The van der Waals surface area contributed by atoms with E-state index in [1.54, 1.807) is 0 Å². The molecular formula is C26H30N2O6. The molecule has 180 valence electrons. The molecule has 2 aliphatic rings. The van der Waals surface area contributed by atoms with Crippen molar-refractivity contribution in [3.8, 4) is 11.1 Å². The molecule has 8 nitrogen and oxygen atoms in total. The van der Waals surface area contributed by atoms with Crippen molar-refractivity contribution in [2.75, 3.05) is 33.4 Å². The van der Waals surface area contributed by atoms with Crippen LogP contribution in [0.2, 0.25) is 0 Å². The van der Waals surface area contributed by atoms with Crippen molar-refractivity contribution < 1.29 is 29.0 Å². The normalized spacial score (nSPS) is 18.9. The number of hydrogen-bond donors (Lipinski definition) is 2. The maximum atomic E-state index is 12.7. The SMILES string of the molecule is COCC1(C(=O)O)CCCN1C(=O)CCCNC(=O)OCC1c2ccccc2-c2ccccc21. The molecule has 0 bridgehead atoms. The Balaban J connectivity index is 1.25. The number of hydrogen-bond acceptors (Lipinski definition) is 5. The highest BCUT2D eigenvalue weighted by Crippen LogP contribution is 2.44. The number of likely N-dealkylation sites (tertiary alicyclic amines) is 1. The van der Waals surface area contributed by atoms with Crippen LogP contribution in [0.5, 0.6) is 0 Å². The topological polar surface area (TPSA) is 105 Å². The first kappa shape index (κ1) is 23.8. The Hall–Kier alpha value is -3.39. The lowest BCUT2D eigenvalue weighted by Crippen LogP contribution is -2.56. The van der Waals surface area contributed by atoms with Crippen LogP contribution >= 0.6 is 0 Å². The van der Waals surface area contributed by atoms with Crippen LogP contribution in [-0.2, 0) is 19.1 Å². The van der Waals surface area contributed by atoms with Crippen LogP contribution in [0.15, 0.2) is 48.5 Å². The van der Waals surface area contributed by atoms with Gasteiger partial charge in [0.15, 0.2) is 5.54 Å². The summed E-state index contributed by atoms with van der Waals surface area (Å²) in [4.78, 5) is 38.2. The third kappa shape index (κ3) is 4.50. The number of methoxy groups -OCH3 is 1. The van der Waals surface area contributed by atoms with E-state index in [0.717, 1.165) is 11.1 Å². The number of nitrogens with one attached hydrogen (secondary N) is 1. The summed E-state index contributed by atoms with van der Waals surface area (Å²) in [5.74, 6) is -1.30. The van der Waals surface area contributed by atoms with E-state index in [0.29, 0.717) is 25.8 Å². The van der Waals surface area contributed by atoms with E-state index in [1.807, 2.05) is 24.3 Å². The first-order valence-electron chi connectivity index (χ1n) is 11.6. The molecule has 1 heterocycles. The number of amides is 2. The minimum atomic E-state index is -1.30. The lowest BCUT2D eigenvalue weighted by Gasteiger charge is -2.34. The molecule has 2 N–H and O–H groups in total. The van der Waals surface area contributed by atoms with E-state index in [1.165, 1.54) is 23.1 Å². The van der Waals surface area contributed by atoms with Gasteiger partial charge < -0.3 is 24.8 Å². The Morgan fingerprint density at radius 2 is 1.74 bits per heavy atom. The van der Waals surface area contributed by atoms with Crippen LogP contribution in [0.25, 0.3) is 11.1 Å². The number of aliphatic carboxylic acids is 1. The number of carboxylic acids is 1. The average Bonchev–Trinajstić information content (AvgIpc) is 3.41. The maximum Gasteiger partial charge on any atom is 0.407 e. The van der Waals surface area contributed by atoms with Crippen molar-refractivity contribution in [3.63, 3.8) is 0 Å².